The van der Waals surface area contributed by atoms with Crippen LogP contribution in [-0.4, -0.2) is 89.5 Å². The lowest BCUT2D eigenvalue weighted by atomic mass is 9.53. The summed E-state index contributed by atoms with van der Waals surface area (Å²) in [7, 11) is 3.89. The van der Waals surface area contributed by atoms with Crippen LogP contribution < -0.4 is 5.32 Å². The van der Waals surface area contributed by atoms with Crippen LogP contribution in [0.1, 0.15) is 72.4 Å². The third kappa shape index (κ3) is 6.65. The number of piperazine rings is 1. The molecule has 0 unspecified atom stereocenters. The Morgan fingerprint density at radius 3 is 2.63 bits per heavy atom. The lowest BCUT2D eigenvalue weighted by Gasteiger charge is -2.53. The highest BCUT2D eigenvalue weighted by Crippen LogP contribution is 2.57. The number of amides is 2. The van der Waals surface area contributed by atoms with E-state index in [2.05, 4.69) is 42.1 Å². The molecule has 2 amide bonds. The molecular formula is C33H46N6O3S. The summed E-state index contributed by atoms with van der Waals surface area (Å²) >= 11 is 1.55. The number of benzene rings is 1. The van der Waals surface area contributed by atoms with Crippen LogP contribution in [-0.2, 0) is 17.8 Å². The van der Waals surface area contributed by atoms with Gasteiger partial charge in [0.25, 0.3) is 5.91 Å². The molecular weight excluding hydrogens is 560 g/mol. The van der Waals surface area contributed by atoms with E-state index in [0.717, 1.165) is 57.7 Å². The molecule has 1 aromatic heterocycles. The second kappa shape index (κ2) is 13.0. The molecule has 9 nitrogen and oxygen atoms in total. The SMILES string of the molecule is C[C@H](C(=O)N(C)CCC#N)[C@H]1CC[C@]2(C)Cc3sc(NC(=O)c4ccc(CN5CCN(C)CC5)cc4)nc3[C@@H](C)[C@@H]2[C@H]1O. The summed E-state index contributed by atoms with van der Waals surface area (Å²) in [5, 5.41) is 24.3. The van der Waals surface area contributed by atoms with Crippen LogP contribution in [0.15, 0.2) is 24.3 Å². The Kier molecular flexibility index (Phi) is 9.57. The molecule has 0 spiro atoms. The lowest BCUT2D eigenvalue weighted by molar-refractivity contribution is -0.143. The second-order valence-electron chi connectivity index (χ2n) is 13.4. The van der Waals surface area contributed by atoms with Crippen molar-refractivity contribution >= 4 is 28.3 Å². The fraction of sp³-hybridized carbons (Fsp3) is 0.636. The third-order valence-electron chi connectivity index (χ3n) is 10.3. The number of aromatic nitrogens is 1. The van der Waals surface area contributed by atoms with Crippen molar-refractivity contribution in [1.29, 1.82) is 5.26 Å². The maximum Gasteiger partial charge on any atom is 0.257 e. The zero-order chi connectivity index (χ0) is 30.9. The van der Waals surface area contributed by atoms with Gasteiger partial charge >= 0.3 is 0 Å². The Morgan fingerprint density at radius 1 is 1.26 bits per heavy atom. The van der Waals surface area contributed by atoms with Crippen molar-refractivity contribution < 1.29 is 14.7 Å². The van der Waals surface area contributed by atoms with Gasteiger partial charge in [-0.1, -0.05) is 32.9 Å². The highest BCUT2D eigenvalue weighted by molar-refractivity contribution is 7.15. The number of hydrogen-bond acceptors (Lipinski definition) is 8. The number of carbonyl (C=O) groups excluding carboxylic acids is 2. The number of carbonyl (C=O) groups is 2. The van der Waals surface area contributed by atoms with E-state index in [4.69, 9.17) is 10.2 Å². The number of thiazole rings is 1. The van der Waals surface area contributed by atoms with Crippen LogP contribution in [0, 0.1) is 34.5 Å². The number of nitrogens with zero attached hydrogens (tertiary/aromatic N) is 5. The minimum absolute atomic E-state index is 0.000862. The van der Waals surface area contributed by atoms with Gasteiger partial charge in [0.1, 0.15) is 0 Å². The Bertz CT molecular complexity index is 1350. The van der Waals surface area contributed by atoms with E-state index in [1.807, 2.05) is 31.2 Å². The lowest BCUT2D eigenvalue weighted by Crippen LogP contribution is -2.53. The number of aliphatic hydroxyl groups excluding tert-OH is 1. The molecule has 1 aromatic carbocycles. The summed E-state index contributed by atoms with van der Waals surface area (Å²) in [6.45, 7) is 11.9. The Morgan fingerprint density at radius 2 is 1.95 bits per heavy atom. The van der Waals surface area contributed by atoms with E-state index in [9.17, 15) is 14.7 Å². The topological polar surface area (TPSA) is 113 Å². The van der Waals surface area contributed by atoms with Crippen LogP contribution in [0.5, 0.6) is 0 Å². The van der Waals surface area contributed by atoms with Crippen molar-refractivity contribution in [2.45, 2.75) is 65.0 Å². The van der Waals surface area contributed by atoms with Gasteiger partial charge in [0.15, 0.2) is 5.13 Å². The highest BCUT2D eigenvalue weighted by Gasteiger charge is 2.54. The van der Waals surface area contributed by atoms with Crippen LogP contribution in [0.2, 0.25) is 0 Å². The molecule has 10 heteroatoms. The van der Waals surface area contributed by atoms with Crippen molar-refractivity contribution in [2.24, 2.45) is 23.2 Å². The highest BCUT2D eigenvalue weighted by atomic mass is 32.1. The van der Waals surface area contributed by atoms with Crippen molar-refractivity contribution in [2.75, 3.05) is 52.1 Å². The van der Waals surface area contributed by atoms with E-state index in [1.165, 1.54) is 10.4 Å². The summed E-state index contributed by atoms with van der Waals surface area (Å²) in [6, 6.07) is 9.96. The predicted octanol–water partition coefficient (Wildman–Crippen LogP) is 4.20. The van der Waals surface area contributed by atoms with Crippen LogP contribution >= 0.6 is 11.3 Å². The standard InChI is InChI=1S/C33H46N6O3S/c1-21(31(42)38(5)14-6-13-34)25-11-12-33(3)19-26-28(22(2)27(33)29(25)40)35-32(43-26)36-30(41)24-9-7-23(8-10-24)20-39-17-15-37(4)16-18-39/h7-10,21-22,25,27,29,40H,6,11-12,14-20H2,1-5H3,(H,35,36,41)/t21-,22-,25+,27+,29-,33+/m0/s1. The third-order valence-corrected chi connectivity index (χ3v) is 11.3. The molecule has 0 bridgehead atoms. The van der Waals surface area contributed by atoms with Gasteiger partial charge in [-0.3, -0.25) is 19.8 Å². The van der Waals surface area contributed by atoms with Gasteiger partial charge in [-0.25, -0.2) is 4.98 Å². The summed E-state index contributed by atoms with van der Waals surface area (Å²) in [6.07, 6.45) is 2.17. The molecule has 1 aliphatic heterocycles. The monoisotopic (exact) mass is 606 g/mol. The minimum atomic E-state index is -0.630. The Hall–Kier alpha value is -2.84. The first-order chi connectivity index (χ1) is 20.5. The van der Waals surface area contributed by atoms with Gasteiger partial charge in [0, 0.05) is 68.6 Å². The summed E-state index contributed by atoms with van der Waals surface area (Å²) in [4.78, 5) is 38.7. The second-order valence-corrected chi connectivity index (χ2v) is 14.4. The molecule has 2 fully saturated rings. The molecule has 1 saturated heterocycles. The number of anilines is 1. The van der Waals surface area contributed by atoms with E-state index in [0.29, 0.717) is 23.7 Å². The molecule has 0 radical (unpaired) electrons. The van der Waals surface area contributed by atoms with Crippen molar-refractivity contribution in [3.05, 3.63) is 46.0 Å². The zero-order valence-electron chi connectivity index (χ0n) is 26.2. The summed E-state index contributed by atoms with van der Waals surface area (Å²) < 4.78 is 0. The molecule has 6 atom stereocenters. The predicted molar refractivity (Wildman–Crippen MR) is 169 cm³/mol. The van der Waals surface area contributed by atoms with Gasteiger partial charge in [-0.05, 0) is 61.3 Å². The van der Waals surface area contributed by atoms with Crippen LogP contribution in [0.25, 0.3) is 0 Å². The summed E-state index contributed by atoms with van der Waals surface area (Å²) in [5.74, 6) is -0.677. The molecule has 5 rings (SSSR count). The fourth-order valence-electron chi connectivity index (χ4n) is 7.65. The van der Waals surface area contributed by atoms with Gasteiger partial charge in [0.2, 0.25) is 5.91 Å². The van der Waals surface area contributed by atoms with Gasteiger partial charge < -0.3 is 14.9 Å². The number of likely N-dealkylation sites (N-methyl/N-ethyl adjacent to an activating group) is 1. The van der Waals surface area contributed by atoms with Gasteiger partial charge in [0.05, 0.1) is 24.3 Å². The van der Waals surface area contributed by atoms with E-state index in [-0.39, 0.29) is 40.9 Å². The molecule has 43 heavy (non-hydrogen) atoms. The molecule has 2 heterocycles. The number of fused-ring (bicyclic) bond motifs is 2. The van der Waals surface area contributed by atoms with Crippen molar-refractivity contribution in [3.63, 3.8) is 0 Å². The van der Waals surface area contributed by atoms with E-state index in [1.54, 1.807) is 23.3 Å². The minimum Gasteiger partial charge on any atom is -0.392 e. The zero-order valence-corrected chi connectivity index (χ0v) is 27.0. The number of rotatable bonds is 8. The molecule has 2 aliphatic carbocycles. The smallest absolute Gasteiger partial charge is 0.257 e. The number of nitrogens with one attached hydrogen (secondary N) is 1. The van der Waals surface area contributed by atoms with Crippen LogP contribution in [0.4, 0.5) is 5.13 Å². The van der Waals surface area contributed by atoms with Gasteiger partial charge in [-0.15, -0.1) is 11.3 Å². The van der Waals surface area contributed by atoms with Gasteiger partial charge in [-0.2, -0.15) is 5.26 Å². The Labute approximate surface area is 259 Å². The number of nitriles is 1. The molecule has 1 saturated carbocycles. The molecule has 3 aliphatic rings. The molecule has 2 aromatic rings. The van der Waals surface area contributed by atoms with Crippen molar-refractivity contribution in [3.8, 4) is 6.07 Å². The van der Waals surface area contributed by atoms with Crippen LogP contribution in [0.3, 0.4) is 0 Å². The summed E-state index contributed by atoms with van der Waals surface area (Å²) in [5.41, 5.74) is 2.67. The largest absolute Gasteiger partial charge is 0.392 e. The number of hydrogen-bond donors (Lipinski definition) is 2. The quantitative estimate of drug-likeness (QED) is 0.463. The average molecular weight is 607 g/mol. The average Bonchev–Trinajstić information content (AvgIpc) is 3.38. The maximum absolute atomic E-state index is 13.2. The van der Waals surface area contributed by atoms with Crippen molar-refractivity contribution in [1.82, 2.24) is 19.7 Å². The van der Waals surface area contributed by atoms with E-state index >= 15 is 0 Å². The first-order valence-electron chi connectivity index (χ1n) is 15.6. The number of aliphatic hydroxyl groups is 1. The molecule has 2 N–H and O–H groups in total. The molecule has 232 valence electrons. The fourth-order valence-corrected chi connectivity index (χ4v) is 8.91. The maximum atomic E-state index is 13.2. The Balaban J connectivity index is 1.24. The normalized spacial score (nSPS) is 28.3. The van der Waals surface area contributed by atoms with E-state index < -0.39 is 6.10 Å². The first-order valence-corrected chi connectivity index (χ1v) is 16.4. The first kappa shape index (κ1) is 31.6.